The minimum absolute atomic E-state index is 0.160. The molecular formula is C18H26N2O2. The minimum Gasteiger partial charge on any atom is -0.383 e. The van der Waals surface area contributed by atoms with E-state index in [0.717, 1.165) is 43.3 Å². The number of carbonyl (C=O) groups is 1. The number of hydrogen-bond donors (Lipinski definition) is 2. The van der Waals surface area contributed by atoms with E-state index < -0.39 is 0 Å². The molecule has 1 aromatic carbocycles. The maximum atomic E-state index is 11.8. The molecule has 3 rings (SSSR count). The van der Waals surface area contributed by atoms with Gasteiger partial charge >= 0.3 is 0 Å². The first-order valence-corrected chi connectivity index (χ1v) is 8.46. The van der Waals surface area contributed by atoms with E-state index in [2.05, 4.69) is 23.6 Å². The van der Waals surface area contributed by atoms with Crippen molar-refractivity contribution >= 4 is 17.3 Å². The summed E-state index contributed by atoms with van der Waals surface area (Å²) in [7, 11) is 0. The van der Waals surface area contributed by atoms with Crippen molar-refractivity contribution in [1.29, 1.82) is 0 Å². The quantitative estimate of drug-likeness (QED) is 0.843. The van der Waals surface area contributed by atoms with Crippen molar-refractivity contribution in [2.75, 3.05) is 23.8 Å². The van der Waals surface area contributed by atoms with E-state index in [1.807, 2.05) is 18.2 Å². The van der Waals surface area contributed by atoms with Gasteiger partial charge in [0.2, 0.25) is 5.91 Å². The molecule has 120 valence electrons. The van der Waals surface area contributed by atoms with Gasteiger partial charge in [0.1, 0.15) is 0 Å². The fraction of sp³-hybridized carbons (Fsp3) is 0.611. The smallest absolute Gasteiger partial charge is 0.227 e. The molecule has 1 aliphatic heterocycles. The van der Waals surface area contributed by atoms with E-state index in [1.54, 1.807) is 0 Å². The van der Waals surface area contributed by atoms with Crippen LogP contribution in [0.25, 0.3) is 0 Å². The van der Waals surface area contributed by atoms with Gasteiger partial charge in [0.25, 0.3) is 0 Å². The molecule has 2 aliphatic rings. The van der Waals surface area contributed by atoms with Crippen molar-refractivity contribution in [2.24, 2.45) is 11.8 Å². The molecular weight excluding hydrogens is 276 g/mol. The lowest BCUT2D eigenvalue weighted by Gasteiger charge is -2.26. The summed E-state index contributed by atoms with van der Waals surface area (Å²) in [6.45, 7) is 4.03. The summed E-state index contributed by atoms with van der Waals surface area (Å²) in [6, 6.07) is 8.46. The number of amides is 1. The third kappa shape index (κ3) is 4.47. The zero-order chi connectivity index (χ0) is 15.4. The average molecular weight is 302 g/mol. The molecule has 1 heterocycles. The van der Waals surface area contributed by atoms with Crippen LogP contribution in [-0.2, 0) is 9.53 Å². The van der Waals surface area contributed by atoms with Gasteiger partial charge in [-0.3, -0.25) is 4.79 Å². The van der Waals surface area contributed by atoms with E-state index in [4.69, 9.17) is 4.74 Å². The van der Waals surface area contributed by atoms with Crippen LogP contribution < -0.4 is 10.6 Å². The SMILES string of the molecule is CC(CC1CCOCC1)Nc1cccc(NC(=O)C2CC2)c1. The first-order chi connectivity index (χ1) is 10.7. The highest BCUT2D eigenvalue weighted by atomic mass is 16.5. The van der Waals surface area contributed by atoms with Crippen molar-refractivity contribution in [3.8, 4) is 0 Å². The Morgan fingerprint density at radius 1 is 1.23 bits per heavy atom. The van der Waals surface area contributed by atoms with Crippen LogP contribution in [0.3, 0.4) is 0 Å². The van der Waals surface area contributed by atoms with E-state index >= 15 is 0 Å². The topological polar surface area (TPSA) is 50.4 Å². The normalized spacial score (nSPS) is 20.4. The van der Waals surface area contributed by atoms with Gasteiger partial charge in [0.15, 0.2) is 0 Å². The van der Waals surface area contributed by atoms with Gasteiger partial charge in [-0.05, 0) is 63.1 Å². The molecule has 2 fully saturated rings. The van der Waals surface area contributed by atoms with Crippen LogP contribution in [0.2, 0.25) is 0 Å². The molecule has 1 amide bonds. The third-order valence-electron chi connectivity index (χ3n) is 4.52. The van der Waals surface area contributed by atoms with Crippen molar-refractivity contribution in [3.63, 3.8) is 0 Å². The highest BCUT2D eigenvalue weighted by molar-refractivity contribution is 5.94. The Hall–Kier alpha value is -1.55. The second-order valence-electron chi connectivity index (χ2n) is 6.68. The molecule has 1 saturated heterocycles. The lowest BCUT2D eigenvalue weighted by Crippen LogP contribution is -2.24. The number of nitrogens with one attached hydrogen (secondary N) is 2. The number of rotatable bonds is 6. The molecule has 1 atom stereocenters. The Kier molecular flexibility index (Phi) is 4.98. The van der Waals surface area contributed by atoms with Gasteiger partial charge in [0, 0.05) is 36.5 Å². The first kappa shape index (κ1) is 15.3. The average Bonchev–Trinajstić information content (AvgIpc) is 3.33. The maximum absolute atomic E-state index is 11.8. The lowest BCUT2D eigenvalue weighted by molar-refractivity contribution is -0.117. The zero-order valence-electron chi connectivity index (χ0n) is 13.3. The van der Waals surface area contributed by atoms with Gasteiger partial charge in [-0.2, -0.15) is 0 Å². The van der Waals surface area contributed by atoms with Gasteiger partial charge < -0.3 is 15.4 Å². The Morgan fingerprint density at radius 2 is 1.95 bits per heavy atom. The van der Waals surface area contributed by atoms with Crippen LogP contribution in [-0.4, -0.2) is 25.2 Å². The highest BCUT2D eigenvalue weighted by Gasteiger charge is 2.29. The van der Waals surface area contributed by atoms with Crippen molar-refractivity contribution < 1.29 is 9.53 Å². The van der Waals surface area contributed by atoms with Crippen LogP contribution in [0.5, 0.6) is 0 Å². The molecule has 22 heavy (non-hydrogen) atoms. The monoisotopic (exact) mass is 302 g/mol. The van der Waals surface area contributed by atoms with Crippen LogP contribution in [0, 0.1) is 11.8 Å². The standard InChI is InChI=1S/C18H26N2O2/c1-13(11-14-7-9-22-10-8-14)19-16-3-2-4-17(12-16)20-18(21)15-5-6-15/h2-4,12-15,19H,5-11H2,1H3,(H,20,21). The second kappa shape index (κ2) is 7.14. The number of benzene rings is 1. The maximum Gasteiger partial charge on any atom is 0.227 e. The Labute approximate surface area is 132 Å². The van der Waals surface area contributed by atoms with Crippen LogP contribution in [0.15, 0.2) is 24.3 Å². The molecule has 0 radical (unpaired) electrons. The summed E-state index contributed by atoms with van der Waals surface area (Å²) in [5.74, 6) is 1.16. The molecule has 0 bridgehead atoms. The lowest BCUT2D eigenvalue weighted by atomic mass is 9.93. The fourth-order valence-corrected chi connectivity index (χ4v) is 3.10. The predicted molar refractivity (Wildman–Crippen MR) is 89.0 cm³/mol. The van der Waals surface area contributed by atoms with Gasteiger partial charge in [-0.15, -0.1) is 0 Å². The molecule has 1 aliphatic carbocycles. The summed E-state index contributed by atoms with van der Waals surface area (Å²) in [5, 5.41) is 6.56. The van der Waals surface area contributed by atoms with Crippen molar-refractivity contribution in [2.45, 2.75) is 45.1 Å². The number of anilines is 2. The summed E-state index contributed by atoms with van der Waals surface area (Å²) < 4.78 is 5.42. The van der Waals surface area contributed by atoms with Crippen LogP contribution in [0.4, 0.5) is 11.4 Å². The molecule has 2 N–H and O–H groups in total. The van der Waals surface area contributed by atoms with E-state index in [0.29, 0.717) is 6.04 Å². The molecule has 1 aromatic rings. The number of hydrogen-bond acceptors (Lipinski definition) is 3. The van der Waals surface area contributed by atoms with E-state index in [1.165, 1.54) is 19.3 Å². The Balaban J connectivity index is 1.51. The third-order valence-corrected chi connectivity index (χ3v) is 4.52. The summed E-state index contributed by atoms with van der Waals surface area (Å²) >= 11 is 0. The van der Waals surface area contributed by atoms with Crippen LogP contribution in [0.1, 0.15) is 39.0 Å². The Bertz CT molecular complexity index is 508. The minimum atomic E-state index is 0.160. The van der Waals surface area contributed by atoms with Crippen molar-refractivity contribution in [3.05, 3.63) is 24.3 Å². The largest absolute Gasteiger partial charge is 0.383 e. The summed E-state index contributed by atoms with van der Waals surface area (Å²) in [6.07, 6.45) is 5.58. The second-order valence-corrected chi connectivity index (χ2v) is 6.68. The zero-order valence-corrected chi connectivity index (χ0v) is 13.3. The molecule has 0 spiro atoms. The molecule has 0 aromatic heterocycles. The van der Waals surface area contributed by atoms with E-state index in [-0.39, 0.29) is 11.8 Å². The van der Waals surface area contributed by atoms with Gasteiger partial charge in [-0.25, -0.2) is 0 Å². The number of carbonyl (C=O) groups excluding carboxylic acids is 1. The van der Waals surface area contributed by atoms with Gasteiger partial charge in [0.05, 0.1) is 0 Å². The van der Waals surface area contributed by atoms with Crippen LogP contribution >= 0.6 is 0 Å². The molecule has 1 saturated carbocycles. The number of ether oxygens (including phenoxy) is 1. The van der Waals surface area contributed by atoms with E-state index in [9.17, 15) is 4.79 Å². The highest BCUT2D eigenvalue weighted by Crippen LogP contribution is 2.30. The molecule has 4 heteroatoms. The molecule has 1 unspecified atom stereocenters. The van der Waals surface area contributed by atoms with Crippen molar-refractivity contribution in [1.82, 2.24) is 0 Å². The first-order valence-electron chi connectivity index (χ1n) is 8.46. The Morgan fingerprint density at radius 3 is 2.68 bits per heavy atom. The molecule has 4 nitrogen and oxygen atoms in total. The summed E-state index contributed by atoms with van der Waals surface area (Å²) in [5.41, 5.74) is 1.97. The summed E-state index contributed by atoms with van der Waals surface area (Å²) in [4.78, 5) is 11.8. The predicted octanol–water partition coefficient (Wildman–Crippen LogP) is 3.65. The van der Waals surface area contributed by atoms with Gasteiger partial charge in [-0.1, -0.05) is 6.07 Å². The fourth-order valence-electron chi connectivity index (χ4n) is 3.10.